The molecule has 0 aliphatic carbocycles. The number of carbonyl (C=O) groups excluding carboxylic acids is 1. The van der Waals surface area contributed by atoms with Crippen molar-refractivity contribution in [1.29, 1.82) is 0 Å². The minimum absolute atomic E-state index is 0.0937. The summed E-state index contributed by atoms with van der Waals surface area (Å²) >= 11 is 5.87. The zero-order valence-corrected chi connectivity index (χ0v) is 15.7. The molecule has 1 aliphatic heterocycles. The van der Waals surface area contributed by atoms with Crippen LogP contribution in [0.25, 0.3) is 0 Å². The Balaban J connectivity index is 1.37. The number of hydrogen-bond donors (Lipinski definition) is 1. The van der Waals surface area contributed by atoms with Crippen LogP contribution in [-0.4, -0.2) is 38.8 Å². The Hall–Kier alpha value is -2.04. The maximum absolute atomic E-state index is 12.0. The molecule has 0 aromatic heterocycles. The first-order valence-corrected chi connectivity index (χ1v) is 9.51. The third kappa shape index (κ3) is 5.75. The molecular weight excluding hydrogens is 348 g/mol. The van der Waals surface area contributed by atoms with Crippen LogP contribution in [0, 0.1) is 0 Å². The van der Waals surface area contributed by atoms with E-state index in [1.54, 1.807) is 0 Å². The number of nitrogens with zero attached hydrogens (tertiary/aromatic N) is 1. The van der Waals surface area contributed by atoms with Gasteiger partial charge in [-0.1, -0.05) is 35.9 Å². The number of ether oxygens (including phenoxy) is 1. The van der Waals surface area contributed by atoms with E-state index in [0.717, 1.165) is 44.2 Å². The van der Waals surface area contributed by atoms with Gasteiger partial charge in [-0.3, -0.25) is 4.79 Å². The Kier molecular flexibility index (Phi) is 6.92. The minimum Gasteiger partial charge on any atom is -0.378 e. The van der Waals surface area contributed by atoms with Crippen LogP contribution in [0.1, 0.15) is 17.5 Å². The molecule has 0 spiro atoms. The molecule has 3 rings (SSSR count). The zero-order chi connectivity index (χ0) is 18.2. The van der Waals surface area contributed by atoms with Gasteiger partial charge in [-0.15, -0.1) is 0 Å². The number of morpholine rings is 1. The quantitative estimate of drug-likeness (QED) is 0.809. The summed E-state index contributed by atoms with van der Waals surface area (Å²) in [5, 5.41) is 3.72. The first-order chi connectivity index (χ1) is 12.7. The van der Waals surface area contributed by atoms with Gasteiger partial charge in [-0.05, 0) is 48.2 Å². The standard InChI is InChI=1S/C21H25ClN2O2/c22-19-6-1-18(2-7-19)11-12-23-21(25)10-5-17-3-8-20(9-4-17)24-13-15-26-16-14-24/h1-4,6-9H,5,10-16H2,(H,23,25). The second kappa shape index (κ2) is 9.60. The Labute approximate surface area is 160 Å². The summed E-state index contributed by atoms with van der Waals surface area (Å²) in [5.41, 5.74) is 3.59. The molecule has 1 heterocycles. The average Bonchev–Trinajstić information content (AvgIpc) is 2.69. The van der Waals surface area contributed by atoms with Gasteiger partial charge >= 0.3 is 0 Å². The summed E-state index contributed by atoms with van der Waals surface area (Å²) in [6.45, 7) is 4.11. The van der Waals surface area contributed by atoms with Gasteiger partial charge in [0.1, 0.15) is 0 Å². The van der Waals surface area contributed by atoms with Crippen LogP contribution < -0.4 is 10.2 Å². The van der Waals surface area contributed by atoms with Crippen molar-refractivity contribution in [3.05, 3.63) is 64.7 Å². The van der Waals surface area contributed by atoms with Crippen molar-refractivity contribution in [3.63, 3.8) is 0 Å². The average molecular weight is 373 g/mol. The molecule has 5 heteroatoms. The summed E-state index contributed by atoms with van der Waals surface area (Å²) in [5.74, 6) is 0.0937. The molecule has 0 unspecified atom stereocenters. The predicted molar refractivity (Wildman–Crippen MR) is 106 cm³/mol. The van der Waals surface area contributed by atoms with Gasteiger partial charge in [0.15, 0.2) is 0 Å². The van der Waals surface area contributed by atoms with Crippen molar-refractivity contribution in [1.82, 2.24) is 5.32 Å². The number of nitrogens with one attached hydrogen (secondary N) is 1. The van der Waals surface area contributed by atoms with Crippen LogP contribution >= 0.6 is 11.6 Å². The van der Waals surface area contributed by atoms with E-state index in [1.807, 2.05) is 24.3 Å². The molecule has 2 aromatic carbocycles. The van der Waals surface area contributed by atoms with Crippen LogP contribution in [0.4, 0.5) is 5.69 Å². The second-order valence-corrected chi connectivity index (χ2v) is 6.93. The molecule has 2 aromatic rings. The van der Waals surface area contributed by atoms with Crippen LogP contribution in [0.5, 0.6) is 0 Å². The highest BCUT2D eigenvalue weighted by Crippen LogP contribution is 2.17. The smallest absolute Gasteiger partial charge is 0.220 e. The van der Waals surface area contributed by atoms with Gasteiger partial charge < -0.3 is 15.0 Å². The van der Waals surface area contributed by atoms with E-state index in [0.29, 0.717) is 13.0 Å². The van der Waals surface area contributed by atoms with Crippen molar-refractivity contribution < 1.29 is 9.53 Å². The number of amides is 1. The van der Waals surface area contributed by atoms with Gasteiger partial charge in [-0.2, -0.15) is 0 Å². The van der Waals surface area contributed by atoms with Crippen molar-refractivity contribution in [2.24, 2.45) is 0 Å². The highest BCUT2D eigenvalue weighted by molar-refractivity contribution is 6.30. The number of aryl methyl sites for hydroxylation is 1. The van der Waals surface area contributed by atoms with E-state index in [2.05, 4.69) is 34.5 Å². The fourth-order valence-corrected chi connectivity index (χ4v) is 3.16. The number of halogens is 1. The number of benzene rings is 2. The minimum atomic E-state index is 0.0937. The second-order valence-electron chi connectivity index (χ2n) is 6.49. The molecule has 138 valence electrons. The van der Waals surface area contributed by atoms with Gasteiger partial charge in [0.05, 0.1) is 13.2 Å². The molecule has 0 atom stereocenters. The number of anilines is 1. The van der Waals surface area contributed by atoms with Crippen LogP contribution in [-0.2, 0) is 22.4 Å². The molecule has 1 N–H and O–H groups in total. The lowest BCUT2D eigenvalue weighted by molar-refractivity contribution is -0.121. The molecule has 4 nitrogen and oxygen atoms in total. The third-order valence-corrected chi connectivity index (χ3v) is 4.85. The summed E-state index contributed by atoms with van der Waals surface area (Å²) in [6, 6.07) is 16.2. The summed E-state index contributed by atoms with van der Waals surface area (Å²) in [4.78, 5) is 14.4. The van der Waals surface area contributed by atoms with Gasteiger partial charge in [0.25, 0.3) is 0 Å². The van der Waals surface area contributed by atoms with Gasteiger partial charge in [0, 0.05) is 36.8 Å². The third-order valence-electron chi connectivity index (χ3n) is 4.60. The maximum Gasteiger partial charge on any atom is 0.220 e. The Morgan fingerprint density at radius 2 is 1.58 bits per heavy atom. The maximum atomic E-state index is 12.0. The highest BCUT2D eigenvalue weighted by Gasteiger charge is 2.11. The van der Waals surface area contributed by atoms with Crippen molar-refractivity contribution in [2.45, 2.75) is 19.3 Å². The molecular formula is C21H25ClN2O2. The SMILES string of the molecule is O=C(CCc1ccc(N2CCOCC2)cc1)NCCc1ccc(Cl)cc1. The fraction of sp³-hybridized carbons (Fsp3) is 0.381. The summed E-state index contributed by atoms with van der Waals surface area (Å²) in [6.07, 6.45) is 2.09. The topological polar surface area (TPSA) is 41.6 Å². The van der Waals surface area contributed by atoms with E-state index in [1.165, 1.54) is 16.8 Å². The molecule has 0 bridgehead atoms. The Morgan fingerprint density at radius 3 is 2.27 bits per heavy atom. The van der Waals surface area contributed by atoms with E-state index < -0.39 is 0 Å². The number of rotatable bonds is 7. The van der Waals surface area contributed by atoms with Gasteiger partial charge in [-0.25, -0.2) is 0 Å². The summed E-state index contributed by atoms with van der Waals surface area (Å²) < 4.78 is 5.38. The number of carbonyl (C=O) groups is 1. The van der Waals surface area contributed by atoms with Crippen LogP contribution in [0.3, 0.4) is 0 Å². The number of hydrogen-bond acceptors (Lipinski definition) is 3. The monoisotopic (exact) mass is 372 g/mol. The van der Waals surface area contributed by atoms with E-state index in [9.17, 15) is 4.79 Å². The van der Waals surface area contributed by atoms with Crippen molar-refractivity contribution in [2.75, 3.05) is 37.7 Å². The molecule has 1 fully saturated rings. The van der Waals surface area contributed by atoms with Crippen LogP contribution in [0.15, 0.2) is 48.5 Å². The first kappa shape index (κ1) is 18.7. The molecule has 0 radical (unpaired) electrons. The molecule has 0 saturated carbocycles. The van der Waals surface area contributed by atoms with E-state index in [4.69, 9.17) is 16.3 Å². The summed E-state index contributed by atoms with van der Waals surface area (Å²) in [7, 11) is 0. The highest BCUT2D eigenvalue weighted by atomic mass is 35.5. The van der Waals surface area contributed by atoms with Gasteiger partial charge in [0.2, 0.25) is 5.91 Å². The molecule has 1 amide bonds. The Bertz CT molecular complexity index is 695. The largest absolute Gasteiger partial charge is 0.378 e. The zero-order valence-electron chi connectivity index (χ0n) is 14.9. The lowest BCUT2D eigenvalue weighted by atomic mass is 10.1. The first-order valence-electron chi connectivity index (χ1n) is 9.13. The van der Waals surface area contributed by atoms with Crippen molar-refractivity contribution >= 4 is 23.2 Å². The van der Waals surface area contributed by atoms with Crippen LogP contribution in [0.2, 0.25) is 5.02 Å². The Morgan fingerprint density at radius 1 is 0.962 bits per heavy atom. The predicted octanol–water partition coefficient (Wildman–Crippen LogP) is 3.47. The van der Waals surface area contributed by atoms with Crippen molar-refractivity contribution in [3.8, 4) is 0 Å². The molecule has 1 aliphatic rings. The van der Waals surface area contributed by atoms with E-state index in [-0.39, 0.29) is 5.91 Å². The lowest BCUT2D eigenvalue weighted by Crippen LogP contribution is -2.36. The lowest BCUT2D eigenvalue weighted by Gasteiger charge is -2.28. The normalized spacial score (nSPS) is 14.3. The molecule has 1 saturated heterocycles. The molecule has 26 heavy (non-hydrogen) atoms. The van der Waals surface area contributed by atoms with E-state index >= 15 is 0 Å². The fourth-order valence-electron chi connectivity index (χ4n) is 3.04.